The number of rotatable bonds is 7. The molecule has 0 radical (unpaired) electrons. The predicted octanol–water partition coefficient (Wildman–Crippen LogP) is 3.67. The van der Waals surface area contributed by atoms with Gasteiger partial charge in [0.15, 0.2) is 0 Å². The topological polar surface area (TPSA) is 24.5 Å². The molecule has 3 nitrogen and oxygen atoms in total. The molecule has 1 saturated heterocycles. The first-order chi connectivity index (χ1) is 10.2. The zero-order valence-electron chi connectivity index (χ0n) is 13.2. The monoisotopic (exact) mass is 354 g/mol. The SMILES string of the molecule is COc1ccc(CNCCCN2CCC(C)CC2)cc1Br. The first-order valence-electron chi connectivity index (χ1n) is 7.94. The Morgan fingerprint density at radius 2 is 2.10 bits per heavy atom. The number of nitrogens with zero attached hydrogens (tertiary/aromatic N) is 1. The zero-order valence-corrected chi connectivity index (χ0v) is 14.8. The van der Waals surface area contributed by atoms with Crippen molar-refractivity contribution in [3.05, 3.63) is 28.2 Å². The number of hydrogen-bond acceptors (Lipinski definition) is 3. The van der Waals surface area contributed by atoms with E-state index in [1.807, 2.05) is 6.07 Å². The van der Waals surface area contributed by atoms with Crippen molar-refractivity contribution in [2.75, 3.05) is 33.3 Å². The summed E-state index contributed by atoms with van der Waals surface area (Å²) in [5, 5.41) is 3.53. The molecule has 1 fully saturated rings. The summed E-state index contributed by atoms with van der Waals surface area (Å²) >= 11 is 3.53. The molecule has 0 atom stereocenters. The summed E-state index contributed by atoms with van der Waals surface area (Å²) < 4.78 is 6.27. The number of nitrogens with one attached hydrogen (secondary N) is 1. The highest BCUT2D eigenvalue weighted by Gasteiger charge is 2.14. The van der Waals surface area contributed by atoms with Crippen LogP contribution in [0.15, 0.2) is 22.7 Å². The number of benzene rings is 1. The van der Waals surface area contributed by atoms with Crippen LogP contribution in [0.5, 0.6) is 5.75 Å². The van der Waals surface area contributed by atoms with E-state index >= 15 is 0 Å². The van der Waals surface area contributed by atoms with Crippen LogP contribution in [-0.2, 0) is 6.54 Å². The van der Waals surface area contributed by atoms with Crippen LogP contribution >= 0.6 is 15.9 Å². The molecule has 21 heavy (non-hydrogen) atoms. The van der Waals surface area contributed by atoms with Crippen molar-refractivity contribution in [1.29, 1.82) is 0 Å². The average Bonchev–Trinajstić information content (AvgIpc) is 2.49. The second-order valence-electron chi connectivity index (χ2n) is 6.02. The Morgan fingerprint density at radius 3 is 2.76 bits per heavy atom. The van der Waals surface area contributed by atoms with E-state index in [-0.39, 0.29) is 0 Å². The van der Waals surface area contributed by atoms with Gasteiger partial charge in [0.05, 0.1) is 11.6 Å². The Hall–Kier alpha value is -0.580. The third-order valence-electron chi connectivity index (χ3n) is 4.25. The molecular weight excluding hydrogens is 328 g/mol. The summed E-state index contributed by atoms with van der Waals surface area (Å²) in [4.78, 5) is 2.60. The van der Waals surface area contributed by atoms with Crippen LogP contribution in [0, 0.1) is 5.92 Å². The van der Waals surface area contributed by atoms with Crippen molar-refractivity contribution in [3.8, 4) is 5.75 Å². The highest BCUT2D eigenvalue weighted by molar-refractivity contribution is 9.10. The molecule has 1 aromatic rings. The van der Waals surface area contributed by atoms with Crippen LogP contribution in [0.2, 0.25) is 0 Å². The molecule has 0 spiro atoms. The van der Waals surface area contributed by atoms with Crippen LogP contribution in [0.4, 0.5) is 0 Å². The Bertz CT molecular complexity index is 431. The number of likely N-dealkylation sites (tertiary alicyclic amines) is 1. The van der Waals surface area contributed by atoms with Gasteiger partial charge in [0.2, 0.25) is 0 Å². The quantitative estimate of drug-likeness (QED) is 0.756. The summed E-state index contributed by atoms with van der Waals surface area (Å²) in [5.74, 6) is 1.81. The summed E-state index contributed by atoms with van der Waals surface area (Å²) in [5.41, 5.74) is 1.29. The Balaban J connectivity index is 1.60. The van der Waals surface area contributed by atoms with Gasteiger partial charge < -0.3 is 15.0 Å². The van der Waals surface area contributed by atoms with Gasteiger partial charge in [0, 0.05) is 6.54 Å². The number of piperidine rings is 1. The molecule has 1 aliphatic heterocycles. The summed E-state index contributed by atoms with van der Waals surface area (Å²) in [6.45, 7) is 8.16. The van der Waals surface area contributed by atoms with Crippen molar-refractivity contribution in [2.45, 2.75) is 32.7 Å². The van der Waals surface area contributed by atoms with Crippen molar-refractivity contribution >= 4 is 15.9 Å². The van der Waals surface area contributed by atoms with Gasteiger partial charge >= 0.3 is 0 Å². The fraction of sp³-hybridized carbons (Fsp3) is 0.647. The van der Waals surface area contributed by atoms with Gasteiger partial charge in [-0.15, -0.1) is 0 Å². The van der Waals surface area contributed by atoms with Gasteiger partial charge in [-0.1, -0.05) is 13.0 Å². The van der Waals surface area contributed by atoms with Gasteiger partial charge in [-0.05, 0) is 85.0 Å². The van der Waals surface area contributed by atoms with E-state index in [1.54, 1.807) is 7.11 Å². The maximum Gasteiger partial charge on any atom is 0.133 e. The van der Waals surface area contributed by atoms with E-state index in [4.69, 9.17) is 4.74 Å². The van der Waals surface area contributed by atoms with Gasteiger partial charge in [0.25, 0.3) is 0 Å². The van der Waals surface area contributed by atoms with E-state index < -0.39 is 0 Å². The molecule has 1 aromatic carbocycles. The van der Waals surface area contributed by atoms with Crippen molar-refractivity contribution in [1.82, 2.24) is 10.2 Å². The largest absolute Gasteiger partial charge is 0.496 e. The number of hydrogen-bond donors (Lipinski definition) is 1. The minimum atomic E-state index is 0.887. The molecule has 2 rings (SSSR count). The predicted molar refractivity (Wildman–Crippen MR) is 91.9 cm³/mol. The van der Waals surface area contributed by atoms with Crippen LogP contribution in [0.25, 0.3) is 0 Å². The standard InChI is InChI=1S/C17H27BrN2O/c1-14-6-10-20(11-7-14)9-3-8-19-13-15-4-5-17(21-2)16(18)12-15/h4-5,12,14,19H,3,6-11,13H2,1-2H3. The lowest BCUT2D eigenvalue weighted by molar-refractivity contribution is 0.190. The van der Waals surface area contributed by atoms with Crippen molar-refractivity contribution < 1.29 is 4.74 Å². The maximum atomic E-state index is 5.24. The van der Waals surface area contributed by atoms with E-state index in [0.29, 0.717) is 0 Å². The normalized spacial score (nSPS) is 17.1. The van der Waals surface area contributed by atoms with E-state index in [2.05, 4.69) is 45.2 Å². The summed E-state index contributed by atoms with van der Waals surface area (Å²) in [6.07, 6.45) is 3.96. The number of ether oxygens (including phenoxy) is 1. The minimum absolute atomic E-state index is 0.887. The number of halogens is 1. The van der Waals surface area contributed by atoms with Gasteiger partial charge in [0.1, 0.15) is 5.75 Å². The first kappa shape index (κ1) is 16.8. The van der Waals surface area contributed by atoms with E-state index in [0.717, 1.165) is 29.2 Å². The molecule has 1 heterocycles. The fourth-order valence-corrected chi connectivity index (χ4v) is 3.35. The molecule has 0 bridgehead atoms. The third kappa shape index (κ3) is 5.61. The van der Waals surface area contributed by atoms with Crippen LogP contribution in [0.1, 0.15) is 31.7 Å². The molecule has 0 aromatic heterocycles. The third-order valence-corrected chi connectivity index (χ3v) is 4.87. The van der Waals surface area contributed by atoms with Gasteiger partial charge in [-0.3, -0.25) is 0 Å². The number of methoxy groups -OCH3 is 1. The molecule has 0 unspecified atom stereocenters. The lowest BCUT2D eigenvalue weighted by atomic mass is 9.99. The van der Waals surface area contributed by atoms with Crippen LogP contribution < -0.4 is 10.1 Å². The maximum absolute atomic E-state index is 5.24. The lowest BCUT2D eigenvalue weighted by Crippen LogP contribution is -2.34. The second kappa shape index (κ2) is 8.76. The van der Waals surface area contributed by atoms with E-state index in [9.17, 15) is 0 Å². The molecule has 0 amide bonds. The first-order valence-corrected chi connectivity index (χ1v) is 8.74. The van der Waals surface area contributed by atoms with Gasteiger partial charge in [-0.25, -0.2) is 0 Å². The Labute approximate surface area is 137 Å². The zero-order chi connectivity index (χ0) is 15.1. The fourth-order valence-electron chi connectivity index (χ4n) is 2.77. The highest BCUT2D eigenvalue weighted by atomic mass is 79.9. The van der Waals surface area contributed by atoms with Gasteiger partial charge in [-0.2, -0.15) is 0 Å². The highest BCUT2D eigenvalue weighted by Crippen LogP contribution is 2.25. The summed E-state index contributed by atoms with van der Waals surface area (Å²) in [7, 11) is 1.69. The second-order valence-corrected chi connectivity index (χ2v) is 6.88. The van der Waals surface area contributed by atoms with E-state index in [1.165, 1.54) is 44.5 Å². The van der Waals surface area contributed by atoms with Crippen molar-refractivity contribution in [2.24, 2.45) is 5.92 Å². The minimum Gasteiger partial charge on any atom is -0.496 e. The molecule has 118 valence electrons. The lowest BCUT2D eigenvalue weighted by Gasteiger charge is -2.30. The average molecular weight is 355 g/mol. The molecule has 1 N–H and O–H groups in total. The summed E-state index contributed by atoms with van der Waals surface area (Å²) in [6, 6.07) is 6.25. The molecular formula is C17H27BrN2O. The molecule has 0 saturated carbocycles. The smallest absolute Gasteiger partial charge is 0.133 e. The molecule has 4 heteroatoms. The van der Waals surface area contributed by atoms with Crippen LogP contribution in [0.3, 0.4) is 0 Å². The Kier molecular flexibility index (Phi) is 7.00. The molecule has 1 aliphatic rings. The molecule has 0 aliphatic carbocycles. The van der Waals surface area contributed by atoms with Crippen molar-refractivity contribution in [3.63, 3.8) is 0 Å². The van der Waals surface area contributed by atoms with Crippen LogP contribution in [-0.4, -0.2) is 38.2 Å². The Morgan fingerprint density at radius 1 is 1.33 bits per heavy atom.